The normalized spacial score (nSPS) is 14.9. The summed E-state index contributed by atoms with van der Waals surface area (Å²) in [5.41, 5.74) is 9.58. The van der Waals surface area contributed by atoms with E-state index in [0.29, 0.717) is 0 Å². The summed E-state index contributed by atoms with van der Waals surface area (Å²) in [6.45, 7) is 2.05. The topological polar surface area (TPSA) is 27.0 Å². The predicted molar refractivity (Wildman–Crippen MR) is 151 cm³/mol. The second-order valence-electron chi connectivity index (χ2n) is 10.2. The van der Waals surface area contributed by atoms with Gasteiger partial charge in [0.05, 0.1) is 11.3 Å². The van der Waals surface area contributed by atoms with E-state index in [-0.39, 0.29) is 0 Å². The van der Waals surface area contributed by atoms with Crippen molar-refractivity contribution in [1.29, 1.82) is 5.26 Å². The van der Waals surface area contributed by atoms with E-state index in [1.165, 1.54) is 68.6 Å². The van der Waals surface area contributed by atoms with Crippen LogP contribution in [0.15, 0.2) is 84.9 Å². The van der Waals surface area contributed by atoms with Crippen molar-refractivity contribution in [2.75, 3.05) is 18.0 Å². The third kappa shape index (κ3) is 3.31. The fourth-order valence-corrected chi connectivity index (χ4v) is 6.43. The summed E-state index contributed by atoms with van der Waals surface area (Å²) in [6.07, 6.45) is 5.63. The van der Waals surface area contributed by atoms with Gasteiger partial charge in [-0.3, -0.25) is 0 Å². The maximum atomic E-state index is 10.5. The molecule has 1 aliphatic heterocycles. The summed E-state index contributed by atoms with van der Waals surface area (Å²) in [6, 6.07) is 33.7. The zero-order valence-electron chi connectivity index (χ0n) is 20.4. The van der Waals surface area contributed by atoms with Gasteiger partial charge < -0.3 is 4.90 Å². The number of nitriles is 1. The van der Waals surface area contributed by atoms with E-state index >= 15 is 0 Å². The molecule has 0 spiro atoms. The highest BCUT2D eigenvalue weighted by Crippen LogP contribution is 2.46. The zero-order valence-corrected chi connectivity index (χ0v) is 20.4. The lowest BCUT2D eigenvalue weighted by Gasteiger charge is -2.33. The smallest absolute Gasteiger partial charge is 0.102 e. The highest BCUT2D eigenvalue weighted by atomic mass is 15.1. The molecule has 5 aromatic carbocycles. The molecule has 0 N–H and O–H groups in total. The quantitative estimate of drug-likeness (QED) is 0.246. The van der Waals surface area contributed by atoms with E-state index < -0.39 is 0 Å². The van der Waals surface area contributed by atoms with Crippen LogP contribution in [-0.4, -0.2) is 13.1 Å². The molecule has 0 bridgehead atoms. The molecule has 1 heterocycles. The van der Waals surface area contributed by atoms with Crippen LogP contribution in [0.3, 0.4) is 0 Å². The first kappa shape index (κ1) is 21.2. The first-order valence-electron chi connectivity index (χ1n) is 13.2. The fraction of sp³-hybridized carbons (Fsp3) is 0.206. The summed E-state index contributed by atoms with van der Waals surface area (Å²) in [5.74, 6) is 0. The van der Waals surface area contributed by atoms with Crippen molar-refractivity contribution in [3.05, 3.63) is 102 Å². The molecule has 0 unspecified atom stereocenters. The van der Waals surface area contributed by atoms with Crippen molar-refractivity contribution < 1.29 is 0 Å². The number of hydrogen-bond acceptors (Lipinski definition) is 2. The lowest BCUT2D eigenvalue weighted by atomic mass is 9.78. The Morgan fingerprint density at radius 3 is 2.28 bits per heavy atom. The number of nitrogens with zero attached hydrogens (tertiary/aromatic N) is 2. The second kappa shape index (κ2) is 8.54. The molecule has 5 aromatic rings. The Bertz CT molecular complexity index is 1680. The standard InChI is InChI=1S/C34H28N2/c35-22-32-33(36-18-6-1-7-19-36)21-31(29-17-16-24-9-3-5-11-28(24)34(29)32)26-15-14-25-13-12-23-8-2-4-10-27(23)30(25)20-26/h2-5,8-15,20-21H,1,6-7,16-19H2. The van der Waals surface area contributed by atoms with Crippen LogP contribution < -0.4 is 4.90 Å². The van der Waals surface area contributed by atoms with Crippen molar-refractivity contribution in [2.45, 2.75) is 32.1 Å². The number of aryl methyl sites for hydroxylation is 1. The molecule has 0 amide bonds. The van der Waals surface area contributed by atoms with Crippen LogP contribution in [0.4, 0.5) is 5.69 Å². The van der Waals surface area contributed by atoms with Gasteiger partial charge in [-0.2, -0.15) is 5.26 Å². The van der Waals surface area contributed by atoms with Crippen LogP contribution in [0.2, 0.25) is 0 Å². The molecular formula is C34H28N2. The van der Waals surface area contributed by atoms with Crippen molar-refractivity contribution in [1.82, 2.24) is 0 Å². The highest BCUT2D eigenvalue weighted by Gasteiger charge is 2.27. The molecule has 36 heavy (non-hydrogen) atoms. The third-order valence-electron chi connectivity index (χ3n) is 8.21. The van der Waals surface area contributed by atoms with Gasteiger partial charge in [-0.25, -0.2) is 0 Å². The Morgan fingerprint density at radius 2 is 1.42 bits per heavy atom. The summed E-state index contributed by atoms with van der Waals surface area (Å²) in [4.78, 5) is 2.46. The maximum absolute atomic E-state index is 10.5. The van der Waals surface area contributed by atoms with Crippen molar-refractivity contribution in [3.63, 3.8) is 0 Å². The highest BCUT2D eigenvalue weighted by molar-refractivity contribution is 6.09. The van der Waals surface area contributed by atoms with Crippen LogP contribution in [-0.2, 0) is 12.8 Å². The molecule has 2 nitrogen and oxygen atoms in total. The van der Waals surface area contributed by atoms with Gasteiger partial charge in [0.2, 0.25) is 0 Å². The van der Waals surface area contributed by atoms with E-state index in [1.807, 2.05) is 0 Å². The van der Waals surface area contributed by atoms with Crippen LogP contribution in [0.5, 0.6) is 0 Å². The van der Waals surface area contributed by atoms with Crippen LogP contribution in [0.1, 0.15) is 36.0 Å². The summed E-state index contributed by atoms with van der Waals surface area (Å²) in [5, 5.41) is 15.6. The minimum Gasteiger partial charge on any atom is -0.370 e. The predicted octanol–water partition coefficient (Wildman–Crippen LogP) is 8.29. The molecule has 2 heteroatoms. The molecular weight excluding hydrogens is 436 g/mol. The Kier molecular flexibility index (Phi) is 5.03. The molecule has 2 aliphatic rings. The second-order valence-corrected chi connectivity index (χ2v) is 10.2. The molecule has 174 valence electrons. The number of anilines is 1. The van der Waals surface area contributed by atoms with Gasteiger partial charge in [0.1, 0.15) is 6.07 Å². The lowest BCUT2D eigenvalue weighted by molar-refractivity contribution is 0.577. The molecule has 1 fully saturated rings. The monoisotopic (exact) mass is 464 g/mol. The van der Waals surface area contributed by atoms with Gasteiger partial charge in [-0.05, 0) is 93.6 Å². The average Bonchev–Trinajstić information content (AvgIpc) is 2.96. The van der Waals surface area contributed by atoms with E-state index in [4.69, 9.17) is 0 Å². The van der Waals surface area contributed by atoms with Gasteiger partial charge in [-0.1, -0.05) is 72.8 Å². The third-order valence-corrected chi connectivity index (χ3v) is 8.21. The summed E-state index contributed by atoms with van der Waals surface area (Å²) >= 11 is 0. The molecule has 0 radical (unpaired) electrons. The van der Waals surface area contributed by atoms with Gasteiger partial charge in [0.25, 0.3) is 0 Å². The first-order chi connectivity index (χ1) is 17.8. The maximum Gasteiger partial charge on any atom is 0.102 e. The minimum absolute atomic E-state index is 0.856. The Morgan fingerprint density at radius 1 is 0.667 bits per heavy atom. The van der Waals surface area contributed by atoms with Crippen LogP contribution in [0, 0.1) is 11.3 Å². The summed E-state index contributed by atoms with van der Waals surface area (Å²) in [7, 11) is 0. The lowest BCUT2D eigenvalue weighted by Crippen LogP contribution is -2.30. The van der Waals surface area contributed by atoms with Crippen molar-refractivity contribution in [2.24, 2.45) is 0 Å². The molecule has 0 aromatic heterocycles. The average molecular weight is 465 g/mol. The molecule has 1 saturated heterocycles. The molecule has 0 saturated carbocycles. The van der Waals surface area contributed by atoms with Crippen molar-refractivity contribution in [3.8, 4) is 28.3 Å². The van der Waals surface area contributed by atoms with Crippen molar-refractivity contribution >= 4 is 27.2 Å². The summed E-state index contributed by atoms with van der Waals surface area (Å²) < 4.78 is 0. The number of benzene rings is 5. The number of hydrogen-bond donors (Lipinski definition) is 0. The molecule has 0 atom stereocenters. The van der Waals surface area contributed by atoms with Gasteiger partial charge in [0, 0.05) is 18.7 Å². The fourth-order valence-electron chi connectivity index (χ4n) is 6.43. The largest absolute Gasteiger partial charge is 0.370 e. The number of fused-ring (bicyclic) bond motifs is 6. The minimum atomic E-state index is 0.856. The van der Waals surface area contributed by atoms with Gasteiger partial charge in [-0.15, -0.1) is 0 Å². The number of piperidine rings is 1. The van der Waals surface area contributed by atoms with Gasteiger partial charge >= 0.3 is 0 Å². The van der Waals surface area contributed by atoms with E-state index in [0.717, 1.165) is 42.7 Å². The van der Waals surface area contributed by atoms with E-state index in [9.17, 15) is 5.26 Å². The van der Waals surface area contributed by atoms with Crippen LogP contribution >= 0.6 is 0 Å². The zero-order chi connectivity index (χ0) is 24.1. The van der Waals surface area contributed by atoms with Gasteiger partial charge in [0.15, 0.2) is 0 Å². The number of rotatable bonds is 2. The SMILES string of the molecule is N#Cc1c(N2CCCCC2)cc(-c2ccc3ccc4ccccc4c3c2)c2c1-c1ccccc1CC2. The Labute approximate surface area is 212 Å². The first-order valence-corrected chi connectivity index (χ1v) is 13.2. The molecule has 7 rings (SSSR count). The van der Waals surface area contributed by atoms with E-state index in [2.05, 4.69) is 95.9 Å². The van der Waals surface area contributed by atoms with Crippen LogP contribution in [0.25, 0.3) is 43.8 Å². The molecule has 1 aliphatic carbocycles. The van der Waals surface area contributed by atoms with E-state index in [1.54, 1.807) is 0 Å². The Hall–Kier alpha value is -4.09. The Balaban J connectivity index is 1.53.